The zero-order valence-electron chi connectivity index (χ0n) is 15.4. The fraction of sp³-hybridized carbons (Fsp3) is 0.579. The van der Waals surface area contributed by atoms with Gasteiger partial charge in [-0.2, -0.15) is 0 Å². The fourth-order valence-electron chi connectivity index (χ4n) is 3.37. The van der Waals surface area contributed by atoms with Crippen molar-refractivity contribution in [1.29, 1.82) is 0 Å². The van der Waals surface area contributed by atoms with E-state index in [2.05, 4.69) is 4.72 Å². The third-order valence-electron chi connectivity index (χ3n) is 5.31. The van der Waals surface area contributed by atoms with Crippen LogP contribution in [0.3, 0.4) is 0 Å². The molecule has 0 spiro atoms. The molecule has 1 aromatic rings. The zero-order valence-corrected chi connectivity index (χ0v) is 16.2. The van der Waals surface area contributed by atoms with Crippen LogP contribution in [0.25, 0.3) is 0 Å². The first kappa shape index (κ1) is 19.8. The Balaban J connectivity index is 1.56. The molecule has 1 aromatic carbocycles. The predicted molar refractivity (Wildman–Crippen MR) is 99.6 cm³/mol. The van der Waals surface area contributed by atoms with Crippen molar-refractivity contribution in [3.8, 4) is 0 Å². The Kier molecular flexibility index (Phi) is 5.86. The quantitative estimate of drug-likeness (QED) is 0.734. The van der Waals surface area contributed by atoms with Crippen LogP contribution in [0.2, 0.25) is 0 Å². The molecule has 1 aliphatic heterocycles. The van der Waals surface area contributed by atoms with E-state index in [0.717, 1.165) is 18.4 Å². The summed E-state index contributed by atoms with van der Waals surface area (Å²) in [6, 6.07) is 6.70. The molecule has 1 amide bonds. The van der Waals surface area contributed by atoms with Crippen LogP contribution >= 0.6 is 0 Å². The highest BCUT2D eigenvalue weighted by molar-refractivity contribution is 7.89. The number of nitrogens with zero attached hydrogens (tertiary/aromatic N) is 1. The number of carbonyl (C=O) groups is 2. The number of nitrogens with one attached hydrogen (secondary N) is 1. The number of carboxylic acid groups (broad SMARTS) is 1. The van der Waals surface area contributed by atoms with Gasteiger partial charge in [0, 0.05) is 25.0 Å². The first-order chi connectivity index (χ1) is 12.8. The Morgan fingerprint density at radius 2 is 1.81 bits per heavy atom. The van der Waals surface area contributed by atoms with Crippen molar-refractivity contribution < 1.29 is 23.1 Å². The number of aliphatic carboxylic acids is 1. The third-order valence-corrected chi connectivity index (χ3v) is 6.85. The van der Waals surface area contributed by atoms with Gasteiger partial charge in [0.15, 0.2) is 0 Å². The van der Waals surface area contributed by atoms with E-state index < -0.39 is 21.9 Å². The second-order valence-electron chi connectivity index (χ2n) is 7.55. The number of benzene rings is 1. The molecular weight excluding hydrogens is 368 g/mol. The number of amides is 1. The van der Waals surface area contributed by atoms with E-state index in [4.69, 9.17) is 0 Å². The lowest BCUT2D eigenvalue weighted by molar-refractivity contribution is -0.147. The average molecular weight is 394 g/mol. The smallest absolute Gasteiger partial charge is 0.308 e. The van der Waals surface area contributed by atoms with Gasteiger partial charge in [-0.25, -0.2) is 13.1 Å². The Bertz CT molecular complexity index is 802. The molecule has 1 saturated heterocycles. The standard InChI is InChI=1S/C19H26N2O5S/c1-13-2-6-15(19(23)24)12-21(13)18(22)11-5-14-3-9-17(10-4-14)27(25,26)20-16-7-8-16/h3-4,9-10,13,15-16,20H,2,5-8,11-12H2,1H3,(H,23,24). The Morgan fingerprint density at radius 3 is 2.41 bits per heavy atom. The van der Waals surface area contributed by atoms with Crippen molar-refractivity contribution >= 4 is 21.9 Å². The van der Waals surface area contributed by atoms with E-state index in [9.17, 15) is 23.1 Å². The van der Waals surface area contributed by atoms with Gasteiger partial charge in [0.2, 0.25) is 15.9 Å². The van der Waals surface area contributed by atoms with Crippen LogP contribution in [0, 0.1) is 5.92 Å². The van der Waals surface area contributed by atoms with Gasteiger partial charge in [0.25, 0.3) is 0 Å². The van der Waals surface area contributed by atoms with Gasteiger partial charge in [-0.15, -0.1) is 0 Å². The summed E-state index contributed by atoms with van der Waals surface area (Å²) in [6.07, 6.45) is 3.85. The SMILES string of the molecule is CC1CCC(C(=O)O)CN1C(=O)CCc1ccc(S(=O)(=O)NC2CC2)cc1. The number of aryl methyl sites for hydroxylation is 1. The Hall–Kier alpha value is -1.93. The molecule has 1 aliphatic carbocycles. The summed E-state index contributed by atoms with van der Waals surface area (Å²) in [4.78, 5) is 25.6. The summed E-state index contributed by atoms with van der Waals surface area (Å²) in [5.74, 6) is -1.40. The van der Waals surface area contributed by atoms with E-state index in [0.29, 0.717) is 19.3 Å². The maximum atomic E-state index is 12.5. The van der Waals surface area contributed by atoms with Gasteiger partial charge < -0.3 is 10.0 Å². The van der Waals surface area contributed by atoms with Gasteiger partial charge in [0.05, 0.1) is 10.8 Å². The number of hydrogen-bond donors (Lipinski definition) is 2. The minimum Gasteiger partial charge on any atom is -0.481 e. The number of hydrogen-bond acceptors (Lipinski definition) is 4. The maximum absolute atomic E-state index is 12.5. The van der Waals surface area contributed by atoms with Crippen LogP contribution in [0.1, 0.15) is 44.6 Å². The van der Waals surface area contributed by atoms with E-state index in [1.165, 1.54) is 0 Å². The molecule has 0 bridgehead atoms. The van der Waals surface area contributed by atoms with Crippen LogP contribution < -0.4 is 4.72 Å². The zero-order chi connectivity index (χ0) is 19.6. The van der Waals surface area contributed by atoms with Crippen molar-refractivity contribution in [2.45, 2.75) is 62.4 Å². The first-order valence-electron chi connectivity index (χ1n) is 9.40. The monoisotopic (exact) mass is 394 g/mol. The molecule has 2 unspecified atom stereocenters. The molecule has 148 valence electrons. The molecular formula is C19H26N2O5S. The minimum atomic E-state index is -3.46. The molecule has 2 N–H and O–H groups in total. The summed E-state index contributed by atoms with van der Waals surface area (Å²) >= 11 is 0. The maximum Gasteiger partial charge on any atom is 0.308 e. The van der Waals surface area contributed by atoms with Gasteiger partial charge in [0.1, 0.15) is 0 Å². The molecule has 7 nitrogen and oxygen atoms in total. The van der Waals surface area contributed by atoms with Crippen molar-refractivity contribution in [1.82, 2.24) is 9.62 Å². The summed E-state index contributed by atoms with van der Waals surface area (Å²) in [5.41, 5.74) is 0.883. The number of carboxylic acids is 1. The highest BCUT2D eigenvalue weighted by atomic mass is 32.2. The molecule has 3 rings (SSSR count). The number of likely N-dealkylation sites (tertiary alicyclic amines) is 1. The number of rotatable bonds is 7. The van der Waals surface area contributed by atoms with Crippen molar-refractivity contribution in [3.63, 3.8) is 0 Å². The normalized spacial score (nSPS) is 23.2. The molecule has 0 radical (unpaired) electrons. The van der Waals surface area contributed by atoms with Crippen LogP contribution in [-0.2, 0) is 26.0 Å². The summed E-state index contributed by atoms with van der Waals surface area (Å²) in [5, 5.41) is 9.19. The average Bonchev–Trinajstić information content (AvgIpc) is 3.43. The summed E-state index contributed by atoms with van der Waals surface area (Å²) in [6.45, 7) is 2.21. The van der Waals surface area contributed by atoms with Gasteiger partial charge in [-0.3, -0.25) is 9.59 Å². The number of sulfonamides is 1. The van der Waals surface area contributed by atoms with Crippen molar-refractivity contribution in [2.75, 3.05) is 6.54 Å². The third kappa shape index (κ3) is 5.07. The molecule has 2 fully saturated rings. The highest BCUT2D eigenvalue weighted by Gasteiger charge is 2.32. The lowest BCUT2D eigenvalue weighted by Gasteiger charge is -2.36. The number of carbonyl (C=O) groups excluding carboxylic acids is 1. The molecule has 2 aliphatic rings. The summed E-state index contributed by atoms with van der Waals surface area (Å²) in [7, 11) is -3.46. The van der Waals surface area contributed by atoms with Crippen LogP contribution in [0.4, 0.5) is 0 Å². The Morgan fingerprint density at radius 1 is 1.15 bits per heavy atom. The first-order valence-corrected chi connectivity index (χ1v) is 10.9. The molecule has 0 aromatic heterocycles. The lowest BCUT2D eigenvalue weighted by Crippen LogP contribution is -2.47. The largest absolute Gasteiger partial charge is 0.481 e. The molecule has 27 heavy (non-hydrogen) atoms. The fourth-order valence-corrected chi connectivity index (χ4v) is 4.68. The molecule has 8 heteroatoms. The highest BCUT2D eigenvalue weighted by Crippen LogP contribution is 2.24. The van der Waals surface area contributed by atoms with Gasteiger partial charge in [-0.05, 0) is 56.7 Å². The van der Waals surface area contributed by atoms with E-state index in [1.807, 2.05) is 6.92 Å². The van der Waals surface area contributed by atoms with Crippen molar-refractivity contribution in [2.24, 2.45) is 5.92 Å². The van der Waals surface area contributed by atoms with E-state index >= 15 is 0 Å². The van der Waals surface area contributed by atoms with Crippen LogP contribution in [0.15, 0.2) is 29.2 Å². The van der Waals surface area contributed by atoms with E-state index in [-0.39, 0.29) is 35.9 Å². The minimum absolute atomic E-state index is 0.0501. The molecule has 1 heterocycles. The molecule has 1 saturated carbocycles. The Labute approximate surface area is 159 Å². The van der Waals surface area contributed by atoms with E-state index in [1.54, 1.807) is 29.2 Å². The summed E-state index contributed by atoms with van der Waals surface area (Å²) < 4.78 is 27.0. The predicted octanol–water partition coefficient (Wildman–Crippen LogP) is 1.77. The lowest BCUT2D eigenvalue weighted by atomic mass is 9.93. The second kappa shape index (κ2) is 7.98. The molecule has 2 atom stereocenters. The van der Waals surface area contributed by atoms with Gasteiger partial charge >= 0.3 is 5.97 Å². The second-order valence-corrected chi connectivity index (χ2v) is 9.26. The topological polar surface area (TPSA) is 104 Å². The van der Waals surface area contributed by atoms with Gasteiger partial charge in [-0.1, -0.05) is 12.1 Å². The van der Waals surface area contributed by atoms with Crippen LogP contribution in [-0.4, -0.2) is 48.9 Å². The van der Waals surface area contributed by atoms with Crippen LogP contribution in [0.5, 0.6) is 0 Å². The van der Waals surface area contributed by atoms with Crippen molar-refractivity contribution in [3.05, 3.63) is 29.8 Å². The number of piperidine rings is 1.